The molecule has 2 fully saturated rings. The number of benzene rings is 1. The van der Waals surface area contributed by atoms with Crippen LogP contribution in [0.5, 0.6) is 0 Å². The highest BCUT2D eigenvalue weighted by molar-refractivity contribution is 6.30. The van der Waals surface area contributed by atoms with Gasteiger partial charge in [0, 0.05) is 23.7 Å². The predicted molar refractivity (Wildman–Crippen MR) is 99.2 cm³/mol. The van der Waals surface area contributed by atoms with Gasteiger partial charge in [0.05, 0.1) is 0 Å². The fraction of sp³-hybridized carbons (Fsp3) is 0.474. The van der Waals surface area contributed by atoms with E-state index in [1.165, 1.54) is 12.8 Å². The van der Waals surface area contributed by atoms with Crippen molar-refractivity contribution in [3.63, 3.8) is 0 Å². The molecule has 2 heterocycles. The second-order valence-electron chi connectivity index (χ2n) is 7.45. The second kappa shape index (κ2) is 6.96. The Hall–Kier alpha value is -2.41. The minimum absolute atomic E-state index is 0.0729. The molecule has 0 radical (unpaired) electrons. The van der Waals surface area contributed by atoms with Gasteiger partial charge in [-0.25, -0.2) is 0 Å². The lowest BCUT2D eigenvalue weighted by Crippen LogP contribution is -2.49. The van der Waals surface area contributed by atoms with E-state index >= 15 is 0 Å². The summed E-state index contributed by atoms with van der Waals surface area (Å²) in [4.78, 5) is 30.9. The molecular weight excluding hydrogens is 368 g/mol. The van der Waals surface area contributed by atoms with Gasteiger partial charge in [0.1, 0.15) is 6.04 Å². The van der Waals surface area contributed by atoms with Crippen LogP contribution < -0.4 is 5.32 Å². The van der Waals surface area contributed by atoms with E-state index in [1.54, 1.807) is 31.2 Å². The van der Waals surface area contributed by atoms with Crippen molar-refractivity contribution in [3.05, 3.63) is 35.2 Å². The average Bonchev–Trinajstić information content (AvgIpc) is 3.23. The number of likely N-dealkylation sites (tertiary alicyclic amines) is 1. The number of hydrogen-bond donors (Lipinski definition) is 1. The van der Waals surface area contributed by atoms with Crippen LogP contribution in [0.2, 0.25) is 5.02 Å². The minimum atomic E-state index is -0.642. The van der Waals surface area contributed by atoms with Gasteiger partial charge in [0.15, 0.2) is 0 Å². The van der Waals surface area contributed by atoms with Gasteiger partial charge >= 0.3 is 11.8 Å². The van der Waals surface area contributed by atoms with Gasteiger partial charge in [0.2, 0.25) is 11.7 Å². The maximum atomic E-state index is 12.6. The Labute approximate surface area is 162 Å². The molecule has 142 valence electrons. The molecule has 2 amide bonds. The van der Waals surface area contributed by atoms with Crippen molar-refractivity contribution in [2.24, 2.45) is 5.41 Å². The standard InChI is InChI=1S/C19H21ClN4O3/c1-12(18(26)24-10-8-19(6-7-19)9-11-24)21-16(25)17-22-15(23-27-17)13-2-4-14(20)5-3-13/h2-5,12H,6-11H2,1H3,(H,21,25)/t12-/m1/s1. The van der Waals surface area contributed by atoms with Gasteiger partial charge in [-0.15, -0.1) is 0 Å². The molecule has 2 aliphatic rings. The predicted octanol–water partition coefficient (Wildman–Crippen LogP) is 2.91. The molecule has 8 heteroatoms. The molecule has 1 atom stereocenters. The molecule has 1 saturated heterocycles. The van der Waals surface area contributed by atoms with Crippen molar-refractivity contribution in [3.8, 4) is 11.4 Å². The Morgan fingerprint density at radius 2 is 1.85 bits per heavy atom. The minimum Gasteiger partial charge on any atom is -0.341 e. The molecule has 4 rings (SSSR count). The number of carbonyl (C=O) groups excluding carboxylic acids is 2. The van der Waals surface area contributed by atoms with Crippen LogP contribution in [0.4, 0.5) is 0 Å². The number of aromatic nitrogens is 2. The molecule has 0 unspecified atom stereocenters. The lowest BCUT2D eigenvalue weighted by Gasteiger charge is -2.33. The van der Waals surface area contributed by atoms with Crippen LogP contribution >= 0.6 is 11.6 Å². The zero-order valence-electron chi connectivity index (χ0n) is 15.1. The van der Waals surface area contributed by atoms with E-state index in [0.717, 1.165) is 25.9 Å². The monoisotopic (exact) mass is 388 g/mol. The van der Waals surface area contributed by atoms with Crippen LogP contribution in [0, 0.1) is 5.41 Å². The summed E-state index contributed by atoms with van der Waals surface area (Å²) in [6.07, 6.45) is 4.70. The maximum absolute atomic E-state index is 12.6. The molecule has 1 aromatic carbocycles. The van der Waals surface area contributed by atoms with Gasteiger partial charge in [-0.1, -0.05) is 16.8 Å². The third kappa shape index (κ3) is 3.83. The molecule has 27 heavy (non-hydrogen) atoms. The summed E-state index contributed by atoms with van der Waals surface area (Å²) in [5.74, 6) is -0.507. The lowest BCUT2D eigenvalue weighted by molar-refractivity contribution is -0.134. The fourth-order valence-corrected chi connectivity index (χ4v) is 3.63. The molecule has 2 aromatic rings. The highest BCUT2D eigenvalue weighted by atomic mass is 35.5. The Morgan fingerprint density at radius 1 is 1.19 bits per heavy atom. The van der Waals surface area contributed by atoms with E-state index < -0.39 is 11.9 Å². The molecule has 1 N–H and O–H groups in total. The first-order valence-electron chi connectivity index (χ1n) is 9.15. The van der Waals surface area contributed by atoms with E-state index in [0.29, 0.717) is 21.8 Å². The number of carbonyl (C=O) groups is 2. The van der Waals surface area contributed by atoms with Gasteiger partial charge in [-0.05, 0) is 62.3 Å². The van der Waals surface area contributed by atoms with Gasteiger partial charge in [-0.3, -0.25) is 9.59 Å². The van der Waals surface area contributed by atoms with E-state index in [9.17, 15) is 9.59 Å². The number of rotatable bonds is 4. The first-order chi connectivity index (χ1) is 13.0. The smallest absolute Gasteiger partial charge is 0.316 e. The van der Waals surface area contributed by atoms with Crippen LogP contribution in [-0.2, 0) is 4.79 Å². The average molecular weight is 389 g/mol. The van der Waals surface area contributed by atoms with Crippen molar-refractivity contribution in [1.82, 2.24) is 20.4 Å². The maximum Gasteiger partial charge on any atom is 0.316 e. The van der Waals surface area contributed by atoms with Crippen molar-refractivity contribution < 1.29 is 14.1 Å². The van der Waals surface area contributed by atoms with Crippen molar-refractivity contribution >= 4 is 23.4 Å². The summed E-state index contributed by atoms with van der Waals surface area (Å²) < 4.78 is 5.04. The summed E-state index contributed by atoms with van der Waals surface area (Å²) in [5.41, 5.74) is 1.19. The molecule has 7 nitrogen and oxygen atoms in total. The summed E-state index contributed by atoms with van der Waals surface area (Å²) in [6.45, 7) is 3.21. The van der Waals surface area contributed by atoms with E-state index in [4.69, 9.17) is 16.1 Å². The Balaban J connectivity index is 1.35. The van der Waals surface area contributed by atoms with Crippen LogP contribution in [0.15, 0.2) is 28.8 Å². The molecule has 1 aliphatic heterocycles. The number of halogens is 1. The molecule has 0 bridgehead atoms. The number of amides is 2. The highest BCUT2D eigenvalue weighted by Gasteiger charge is 2.45. The summed E-state index contributed by atoms with van der Waals surface area (Å²) in [5, 5.41) is 7.07. The number of nitrogens with one attached hydrogen (secondary N) is 1. The quantitative estimate of drug-likeness (QED) is 0.869. The Morgan fingerprint density at radius 3 is 2.48 bits per heavy atom. The van der Waals surface area contributed by atoms with E-state index in [1.807, 2.05) is 4.90 Å². The molecular formula is C19H21ClN4O3. The largest absolute Gasteiger partial charge is 0.341 e. The number of nitrogens with zero attached hydrogens (tertiary/aromatic N) is 3. The topological polar surface area (TPSA) is 88.3 Å². The van der Waals surface area contributed by atoms with Crippen LogP contribution in [-0.4, -0.2) is 46.0 Å². The molecule has 1 saturated carbocycles. The summed E-state index contributed by atoms with van der Waals surface area (Å²) >= 11 is 5.86. The zero-order chi connectivity index (χ0) is 19.0. The van der Waals surface area contributed by atoms with Gasteiger partial charge < -0.3 is 14.7 Å². The van der Waals surface area contributed by atoms with Crippen molar-refractivity contribution in [2.45, 2.75) is 38.6 Å². The molecule has 1 spiro atoms. The van der Waals surface area contributed by atoms with Crippen molar-refractivity contribution in [1.29, 1.82) is 0 Å². The first-order valence-corrected chi connectivity index (χ1v) is 9.53. The summed E-state index contributed by atoms with van der Waals surface area (Å²) in [7, 11) is 0. The molecule has 1 aliphatic carbocycles. The first kappa shape index (κ1) is 18.0. The third-order valence-electron chi connectivity index (χ3n) is 5.53. The number of piperidine rings is 1. The zero-order valence-corrected chi connectivity index (χ0v) is 15.8. The van der Waals surface area contributed by atoms with Crippen molar-refractivity contribution in [2.75, 3.05) is 13.1 Å². The SMILES string of the molecule is C[C@@H](NC(=O)c1nc(-c2ccc(Cl)cc2)no1)C(=O)N1CCC2(CC1)CC2. The Bertz CT molecular complexity index is 850. The molecule has 1 aromatic heterocycles. The van der Waals surface area contributed by atoms with Gasteiger partial charge in [-0.2, -0.15) is 4.98 Å². The van der Waals surface area contributed by atoms with Gasteiger partial charge in [0.25, 0.3) is 0 Å². The third-order valence-corrected chi connectivity index (χ3v) is 5.79. The van der Waals surface area contributed by atoms with Crippen LogP contribution in [0.25, 0.3) is 11.4 Å². The fourth-order valence-electron chi connectivity index (χ4n) is 3.50. The second-order valence-corrected chi connectivity index (χ2v) is 7.89. The van der Waals surface area contributed by atoms with E-state index in [2.05, 4.69) is 15.5 Å². The van der Waals surface area contributed by atoms with E-state index in [-0.39, 0.29) is 11.8 Å². The number of hydrogen-bond acceptors (Lipinski definition) is 5. The Kier molecular flexibility index (Phi) is 4.63. The highest BCUT2D eigenvalue weighted by Crippen LogP contribution is 2.53. The van der Waals surface area contributed by atoms with Crippen LogP contribution in [0.1, 0.15) is 43.3 Å². The lowest BCUT2D eigenvalue weighted by atomic mass is 9.93. The van der Waals surface area contributed by atoms with Crippen LogP contribution in [0.3, 0.4) is 0 Å². The summed E-state index contributed by atoms with van der Waals surface area (Å²) in [6, 6.07) is 6.25. The normalized spacial score (nSPS) is 19.0.